The van der Waals surface area contributed by atoms with Gasteiger partial charge >= 0.3 is 0 Å². The zero-order valence-electron chi connectivity index (χ0n) is 8.46. The minimum Gasteiger partial charge on any atom is -0.294 e. The van der Waals surface area contributed by atoms with Crippen molar-refractivity contribution in [2.24, 2.45) is 5.92 Å². The summed E-state index contributed by atoms with van der Waals surface area (Å²) >= 11 is 5.76. The molecule has 1 aliphatic carbocycles. The van der Waals surface area contributed by atoms with E-state index in [9.17, 15) is 4.79 Å². The molecule has 1 aromatic rings. The second-order valence-electron chi connectivity index (χ2n) is 3.77. The van der Waals surface area contributed by atoms with Gasteiger partial charge in [0.2, 0.25) is 11.9 Å². The Morgan fingerprint density at radius 3 is 2.80 bits per heavy atom. The van der Waals surface area contributed by atoms with E-state index in [1.54, 1.807) is 6.07 Å². The van der Waals surface area contributed by atoms with Gasteiger partial charge in [0.05, 0.1) is 0 Å². The van der Waals surface area contributed by atoms with Crippen LogP contribution in [0.4, 0.5) is 5.95 Å². The maximum Gasteiger partial charge on any atom is 0.231 e. The molecule has 4 nitrogen and oxygen atoms in total. The minimum absolute atomic E-state index is 0.00270. The highest BCUT2D eigenvalue weighted by Crippen LogP contribution is 2.27. The molecule has 0 atom stereocenters. The van der Waals surface area contributed by atoms with Crippen molar-refractivity contribution in [3.05, 3.63) is 16.9 Å². The van der Waals surface area contributed by atoms with Crippen LogP contribution in [0.1, 0.15) is 25.0 Å². The van der Waals surface area contributed by atoms with Gasteiger partial charge in [0.25, 0.3) is 0 Å². The van der Waals surface area contributed by atoms with Crippen molar-refractivity contribution >= 4 is 23.5 Å². The number of anilines is 1. The molecular formula is C10H12ClN3O. The third kappa shape index (κ3) is 2.45. The van der Waals surface area contributed by atoms with Gasteiger partial charge in [-0.05, 0) is 25.8 Å². The van der Waals surface area contributed by atoms with Crippen molar-refractivity contribution in [3.63, 3.8) is 0 Å². The zero-order valence-corrected chi connectivity index (χ0v) is 9.21. The molecule has 1 N–H and O–H groups in total. The molecule has 2 rings (SSSR count). The Bertz CT molecular complexity index is 370. The topological polar surface area (TPSA) is 54.9 Å². The molecule has 1 aromatic heterocycles. The first-order chi connectivity index (χ1) is 7.15. The molecule has 1 amide bonds. The van der Waals surface area contributed by atoms with Crippen molar-refractivity contribution in [3.8, 4) is 0 Å². The molecule has 1 saturated carbocycles. The van der Waals surface area contributed by atoms with Gasteiger partial charge in [-0.1, -0.05) is 18.0 Å². The van der Waals surface area contributed by atoms with Gasteiger partial charge in [0, 0.05) is 11.6 Å². The van der Waals surface area contributed by atoms with Crippen molar-refractivity contribution in [1.82, 2.24) is 9.97 Å². The summed E-state index contributed by atoms with van der Waals surface area (Å²) in [6.07, 6.45) is 3.06. The summed E-state index contributed by atoms with van der Waals surface area (Å²) in [5, 5.41) is 3.03. The van der Waals surface area contributed by atoms with Gasteiger partial charge in [-0.2, -0.15) is 0 Å². The number of nitrogens with one attached hydrogen (secondary N) is 1. The maximum absolute atomic E-state index is 11.6. The van der Waals surface area contributed by atoms with Crippen LogP contribution in [0.5, 0.6) is 0 Å². The number of hydrogen-bond donors (Lipinski definition) is 1. The van der Waals surface area contributed by atoms with Crippen LogP contribution in [0.2, 0.25) is 5.15 Å². The van der Waals surface area contributed by atoms with E-state index in [0.717, 1.165) is 25.0 Å². The molecule has 1 fully saturated rings. The summed E-state index contributed by atoms with van der Waals surface area (Å²) in [6.45, 7) is 1.81. The monoisotopic (exact) mass is 225 g/mol. The minimum atomic E-state index is 0.00270. The second kappa shape index (κ2) is 4.14. The van der Waals surface area contributed by atoms with Crippen molar-refractivity contribution in [2.75, 3.05) is 5.32 Å². The van der Waals surface area contributed by atoms with Gasteiger partial charge in [-0.25, -0.2) is 9.97 Å². The van der Waals surface area contributed by atoms with E-state index in [0.29, 0.717) is 11.1 Å². The number of carbonyl (C=O) groups is 1. The SMILES string of the molecule is Cc1cc(Cl)nc(NC(=O)C2CCC2)n1. The van der Waals surface area contributed by atoms with Gasteiger partial charge in [0.15, 0.2) is 0 Å². The average molecular weight is 226 g/mol. The molecule has 15 heavy (non-hydrogen) atoms. The fourth-order valence-electron chi connectivity index (χ4n) is 1.47. The van der Waals surface area contributed by atoms with E-state index in [2.05, 4.69) is 15.3 Å². The third-order valence-electron chi connectivity index (χ3n) is 2.53. The highest BCUT2D eigenvalue weighted by molar-refractivity contribution is 6.29. The average Bonchev–Trinajstić information content (AvgIpc) is 1.96. The van der Waals surface area contributed by atoms with Gasteiger partial charge in [-0.15, -0.1) is 0 Å². The standard InChI is InChI=1S/C10H12ClN3O/c1-6-5-8(11)13-10(12-6)14-9(15)7-3-2-4-7/h5,7H,2-4H2,1H3,(H,12,13,14,15). The molecule has 0 saturated heterocycles. The molecule has 0 aliphatic heterocycles. The largest absolute Gasteiger partial charge is 0.294 e. The number of rotatable bonds is 2. The molecular weight excluding hydrogens is 214 g/mol. The van der Waals surface area contributed by atoms with Crippen LogP contribution < -0.4 is 5.32 Å². The second-order valence-corrected chi connectivity index (χ2v) is 4.16. The summed E-state index contributed by atoms with van der Waals surface area (Å²) < 4.78 is 0. The van der Waals surface area contributed by atoms with E-state index in [4.69, 9.17) is 11.6 Å². The lowest BCUT2D eigenvalue weighted by Gasteiger charge is -2.23. The van der Waals surface area contributed by atoms with Crippen LogP contribution in [0.25, 0.3) is 0 Å². The summed E-state index contributed by atoms with van der Waals surface area (Å²) in [5.74, 6) is 0.438. The van der Waals surface area contributed by atoms with E-state index in [1.165, 1.54) is 0 Å². The first-order valence-corrected chi connectivity index (χ1v) is 5.35. The first kappa shape index (κ1) is 10.4. The molecule has 0 bridgehead atoms. The van der Waals surface area contributed by atoms with Crippen molar-refractivity contribution in [2.45, 2.75) is 26.2 Å². The Hall–Kier alpha value is -1.16. The van der Waals surface area contributed by atoms with Crippen molar-refractivity contribution in [1.29, 1.82) is 0 Å². The summed E-state index contributed by atoms with van der Waals surface area (Å²) in [4.78, 5) is 19.6. The Labute approximate surface area is 93.1 Å². The number of nitrogens with zero attached hydrogens (tertiary/aromatic N) is 2. The lowest BCUT2D eigenvalue weighted by molar-refractivity contribution is -0.122. The quantitative estimate of drug-likeness (QED) is 0.785. The number of carbonyl (C=O) groups excluding carboxylic acids is 1. The summed E-state index contributed by atoms with van der Waals surface area (Å²) in [5.41, 5.74) is 0.749. The highest BCUT2D eigenvalue weighted by atomic mass is 35.5. The Kier molecular flexibility index (Phi) is 2.86. The predicted octanol–water partition coefficient (Wildman–Crippen LogP) is 2.18. The molecule has 1 aliphatic rings. The number of amides is 1. The lowest BCUT2D eigenvalue weighted by atomic mass is 9.85. The van der Waals surface area contributed by atoms with Crippen LogP contribution >= 0.6 is 11.6 Å². The molecule has 0 aromatic carbocycles. The van der Waals surface area contributed by atoms with E-state index >= 15 is 0 Å². The van der Waals surface area contributed by atoms with Crippen LogP contribution in [-0.4, -0.2) is 15.9 Å². The van der Waals surface area contributed by atoms with Crippen LogP contribution in [-0.2, 0) is 4.79 Å². The van der Waals surface area contributed by atoms with Crippen LogP contribution in [0.15, 0.2) is 6.07 Å². The normalized spacial score (nSPS) is 15.9. The molecule has 1 heterocycles. The molecule has 0 spiro atoms. The number of aromatic nitrogens is 2. The molecule has 0 unspecified atom stereocenters. The summed E-state index contributed by atoms with van der Waals surface area (Å²) in [6, 6.07) is 1.65. The number of hydrogen-bond acceptors (Lipinski definition) is 3. The number of halogens is 1. The van der Waals surface area contributed by atoms with E-state index in [-0.39, 0.29) is 11.8 Å². The lowest BCUT2D eigenvalue weighted by Crippen LogP contribution is -2.28. The van der Waals surface area contributed by atoms with E-state index < -0.39 is 0 Å². The van der Waals surface area contributed by atoms with E-state index in [1.807, 2.05) is 6.92 Å². The zero-order chi connectivity index (χ0) is 10.8. The predicted molar refractivity (Wildman–Crippen MR) is 57.7 cm³/mol. The van der Waals surface area contributed by atoms with Crippen LogP contribution in [0, 0.1) is 12.8 Å². The van der Waals surface area contributed by atoms with Gasteiger partial charge in [-0.3, -0.25) is 10.1 Å². The Morgan fingerprint density at radius 1 is 1.53 bits per heavy atom. The highest BCUT2D eigenvalue weighted by Gasteiger charge is 2.25. The summed E-state index contributed by atoms with van der Waals surface area (Å²) in [7, 11) is 0. The fourth-order valence-corrected chi connectivity index (χ4v) is 1.71. The number of aryl methyl sites for hydroxylation is 1. The molecule has 5 heteroatoms. The van der Waals surface area contributed by atoms with Crippen molar-refractivity contribution < 1.29 is 4.79 Å². The van der Waals surface area contributed by atoms with Crippen LogP contribution in [0.3, 0.4) is 0 Å². The smallest absolute Gasteiger partial charge is 0.231 e. The maximum atomic E-state index is 11.6. The molecule has 0 radical (unpaired) electrons. The first-order valence-electron chi connectivity index (χ1n) is 4.97. The third-order valence-corrected chi connectivity index (χ3v) is 2.73. The van der Waals surface area contributed by atoms with Gasteiger partial charge in [0.1, 0.15) is 5.15 Å². The van der Waals surface area contributed by atoms with Gasteiger partial charge < -0.3 is 0 Å². The fraction of sp³-hybridized carbons (Fsp3) is 0.500. The Balaban J connectivity index is 2.06. The molecule has 80 valence electrons. The Morgan fingerprint density at radius 2 is 2.27 bits per heavy atom.